The number of hydrogen-bond donors (Lipinski definition) is 2. The minimum absolute atomic E-state index is 0.0864. The second kappa shape index (κ2) is 4.53. The van der Waals surface area contributed by atoms with E-state index >= 15 is 0 Å². The van der Waals surface area contributed by atoms with Crippen LogP contribution in [0.2, 0.25) is 0 Å². The number of amides is 1. The third-order valence-corrected chi connectivity index (χ3v) is 2.76. The molecule has 86 valence electrons. The first-order valence-corrected chi connectivity index (χ1v) is 5.55. The highest BCUT2D eigenvalue weighted by Crippen LogP contribution is 2.24. The van der Waals surface area contributed by atoms with Crippen LogP contribution in [0, 0.1) is 0 Å². The number of benzene rings is 1. The number of rotatable bonds is 3. The van der Waals surface area contributed by atoms with E-state index in [9.17, 15) is 4.79 Å². The molecule has 0 atom stereocenters. The fourth-order valence-corrected chi connectivity index (χ4v) is 2.05. The lowest BCUT2D eigenvalue weighted by Crippen LogP contribution is -2.34. The summed E-state index contributed by atoms with van der Waals surface area (Å²) in [7, 11) is 0. The number of anilines is 1. The van der Waals surface area contributed by atoms with Crippen molar-refractivity contribution >= 4 is 11.6 Å². The molecule has 16 heavy (non-hydrogen) atoms. The molecule has 1 aliphatic rings. The smallest absolute Gasteiger partial charge is 0.234 e. The van der Waals surface area contributed by atoms with Gasteiger partial charge in [-0.1, -0.05) is 6.07 Å². The second-order valence-electron chi connectivity index (χ2n) is 4.13. The first-order valence-electron chi connectivity index (χ1n) is 5.55. The average molecular weight is 219 g/mol. The molecule has 0 fully saturated rings. The van der Waals surface area contributed by atoms with Crippen molar-refractivity contribution in [2.75, 3.05) is 18.8 Å². The molecule has 1 aromatic rings. The lowest BCUT2D eigenvalue weighted by Gasteiger charge is -2.13. The van der Waals surface area contributed by atoms with Gasteiger partial charge < -0.3 is 11.1 Å². The fourth-order valence-electron chi connectivity index (χ4n) is 2.05. The molecule has 0 unspecified atom stereocenters. The zero-order valence-electron chi connectivity index (χ0n) is 9.49. The molecule has 1 aliphatic heterocycles. The summed E-state index contributed by atoms with van der Waals surface area (Å²) in [5.41, 5.74) is 9.03. The Bertz CT molecular complexity index is 403. The number of carbonyl (C=O) groups is 1. The van der Waals surface area contributed by atoms with Crippen LogP contribution in [-0.2, 0) is 17.9 Å². The summed E-state index contributed by atoms with van der Waals surface area (Å²) in [5, 5.41) is 2.81. The Morgan fingerprint density at radius 1 is 1.44 bits per heavy atom. The first-order chi connectivity index (χ1) is 7.69. The molecule has 0 spiro atoms. The van der Waals surface area contributed by atoms with Crippen LogP contribution >= 0.6 is 0 Å². The van der Waals surface area contributed by atoms with Crippen LogP contribution in [0.1, 0.15) is 18.1 Å². The van der Waals surface area contributed by atoms with Gasteiger partial charge in [0.1, 0.15) is 0 Å². The molecule has 1 aromatic carbocycles. The van der Waals surface area contributed by atoms with Gasteiger partial charge in [-0.2, -0.15) is 0 Å². The number of hydrogen-bond acceptors (Lipinski definition) is 3. The molecule has 0 aliphatic carbocycles. The zero-order valence-corrected chi connectivity index (χ0v) is 9.49. The Kier molecular flexibility index (Phi) is 3.10. The van der Waals surface area contributed by atoms with Crippen LogP contribution in [0.25, 0.3) is 0 Å². The minimum Gasteiger partial charge on any atom is -0.399 e. The second-order valence-corrected chi connectivity index (χ2v) is 4.13. The van der Waals surface area contributed by atoms with E-state index in [1.807, 2.05) is 25.1 Å². The van der Waals surface area contributed by atoms with E-state index in [2.05, 4.69) is 10.2 Å². The Balaban J connectivity index is 1.97. The first kappa shape index (κ1) is 11.0. The van der Waals surface area contributed by atoms with Crippen LogP contribution in [0.15, 0.2) is 18.2 Å². The Morgan fingerprint density at radius 2 is 2.19 bits per heavy atom. The highest BCUT2D eigenvalue weighted by molar-refractivity contribution is 5.78. The summed E-state index contributed by atoms with van der Waals surface area (Å²) >= 11 is 0. The third kappa shape index (κ3) is 2.33. The molecule has 0 saturated heterocycles. The number of likely N-dealkylation sites (N-methyl/N-ethyl adjacent to an activating group) is 1. The summed E-state index contributed by atoms with van der Waals surface area (Å²) < 4.78 is 0. The maximum Gasteiger partial charge on any atom is 0.234 e. The molecule has 3 N–H and O–H groups in total. The van der Waals surface area contributed by atoms with Crippen molar-refractivity contribution < 1.29 is 4.79 Å². The number of nitrogens with one attached hydrogen (secondary N) is 1. The monoisotopic (exact) mass is 219 g/mol. The molecule has 2 rings (SSSR count). The highest BCUT2D eigenvalue weighted by atomic mass is 16.2. The van der Waals surface area contributed by atoms with Gasteiger partial charge in [-0.05, 0) is 30.2 Å². The van der Waals surface area contributed by atoms with Gasteiger partial charge >= 0.3 is 0 Å². The standard InChI is InChI=1S/C12H17N3O/c1-2-14-12(16)8-15-6-9-3-4-11(13)5-10(9)7-15/h3-5H,2,6-8,13H2,1H3,(H,14,16). The quantitative estimate of drug-likeness (QED) is 0.736. The van der Waals surface area contributed by atoms with Crippen LogP contribution in [0.4, 0.5) is 5.69 Å². The van der Waals surface area contributed by atoms with Gasteiger partial charge in [-0.15, -0.1) is 0 Å². The summed E-state index contributed by atoms with van der Waals surface area (Å²) in [6.07, 6.45) is 0. The van der Waals surface area contributed by atoms with Gasteiger partial charge in [0.15, 0.2) is 0 Å². The van der Waals surface area contributed by atoms with Crippen molar-refractivity contribution in [2.24, 2.45) is 0 Å². The molecular formula is C12H17N3O. The molecule has 0 aromatic heterocycles. The van der Waals surface area contributed by atoms with Crippen molar-refractivity contribution in [3.8, 4) is 0 Å². The Morgan fingerprint density at radius 3 is 2.94 bits per heavy atom. The predicted octanol–water partition coefficient (Wildman–Crippen LogP) is 0.720. The lowest BCUT2D eigenvalue weighted by molar-refractivity contribution is -0.122. The lowest BCUT2D eigenvalue weighted by atomic mass is 10.1. The average Bonchev–Trinajstić information content (AvgIpc) is 2.59. The van der Waals surface area contributed by atoms with Gasteiger partial charge in [-0.3, -0.25) is 9.69 Å². The van der Waals surface area contributed by atoms with Crippen LogP contribution in [-0.4, -0.2) is 23.9 Å². The fraction of sp³-hybridized carbons (Fsp3) is 0.417. The van der Waals surface area contributed by atoms with Crippen molar-refractivity contribution in [1.29, 1.82) is 0 Å². The van der Waals surface area contributed by atoms with Gasteiger partial charge in [0.2, 0.25) is 5.91 Å². The van der Waals surface area contributed by atoms with Crippen molar-refractivity contribution in [2.45, 2.75) is 20.0 Å². The number of fused-ring (bicyclic) bond motifs is 1. The summed E-state index contributed by atoms with van der Waals surface area (Å²) in [6, 6.07) is 5.95. The minimum atomic E-state index is 0.0864. The maximum atomic E-state index is 11.4. The third-order valence-electron chi connectivity index (χ3n) is 2.76. The van der Waals surface area contributed by atoms with Crippen LogP contribution < -0.4 is 11.1 Å². The molecule has 0 saturated carbocycles. The molecule has 1 heterocycles. The summed E-state index contributed by atoms with van der Waals surface area (Å²) in [5.74, 6) is 0.0864. The van der Waals surface area contributed by atoms with Crippen molar-refractivity contribution in [3.63, 3.8) is 0 Å². The molecule has 4 heteroatoms. The van der Waals surface area contributed by atoms with E-state index in [1.54, 1.807) is 0 Å². The van der Waals surface area contributed by atoms with Crippen molar-refractivity contribution in [3.05, 3.63) is 29.3 Å². The van der Waals surface area contributed by atoms with Gasteiger partial charge in [0.05, 0.1) is 6.54 Å². The highest BCUT2D eigenvalue weighted by Gasteiger charge is 2.20. The molecule has 0 radical (unpaired) electrons. The van der Waals surface area contributed by atoms with Crippen molar-refractivity contribution in [1.82, 2.24) is 10.2 Å². The molecule has 4 nitrogen and oxygen atoms in total. The molecule has 1 amide bonds. The molecule has 0 bridgehead atoms. The largest absolute Gasteiger partial charge is 0.399 e. The zero-order chi connectivity index (χ0) is 11.5. The number of carbonyl (C=O) groups excluding carboxylic acids is 1. The number of nitrogen functional groups attached to an aromatic ring is 1. The Hall–Kier alpha value is -1.55. The predicted molar refractivity (Wildman–Crippen MR) is 63.7 cm³/mol. The van der Waals surface area contributed by atoms with Gasteiger partial charge in [0, 0.05) is 25.3 Å². The summed E-state index contributed by atoms with van der Waals surface area (Å²) in [6.45, 7) is 4.73. The van der Waals surface area contributed by atoms with E-state index < -0.39 is 0 Å². The summed E-state index contributed by atoms with van der Waals surface area (Å²) in [4.78, 5) is 13.6. The number of nitrogens with two attached hydrogens (primary N) is 1. The van der Waals surface area contributed by atoms with Gasteiger partial charge in [0.25, 0.3) is 0 Å². The van der Waals surface area contributed by atoms with E-state index in [0.29, 0.717) is 13.1 Å². The normalized spacial score (nSPS) is 14.8. The molecular weight excluding hydrogens is 202 g/mol. The van der Waals surface area contributed by atoms with Crippen LogP contribution in [0.5, 0.6) is 0 Å². The Labute approximate surface area is 95.4 Å². The van der Waals surface area contributed by atoms with E-state index in [-0.39, 0.29) is 5.91 Å². The number of nitrogens with zero attached hydrogens (tertiary/aromatic N) is 1. The maximum absolute atomic E-state index is 11.4. The van der Waals surface area contributed by atoms with Crippen LogP contribution in [0.3, 0.4) is 0 Å². The van der Waals surface area contributed by atoms with E-state index in [4.69, 9.17) is 5.73 Å². The van der Waals surface area contributed by atoms with Gasteiger partial charge in [-0.25, -0.2) is 0 Å². The van der Waals surface area contributed by atoms with E-state index in [1.165, 1.54) is 11.1 Å². The van der Waals surface area contributed by atoms with E-state index in [0.717, 1.165) is 18.8 Å². The topological polar surface area (TPSA) is 58.4 Å². The SMILES string of the molecule is CCNC(=O)CN1Cc2ccc(N)cc2C1.